The average molecular weight is 262 g/mol. The van der Waals surface area contributed by atoms with Crippen LogP contribution in [0.1, 0.15) is 30.7 Å². The number of anilines is 1. The maximum atomic E-state index is 12.0. The molecule has 0 atom stereocenters. The smallest absolute Gasteiger partial charge is 0.293 e. The minimum atomic E-state index is -0.121. The molecule has 1 N–H and O–H groups in total. The van der Waals surface area contributed by atoms with Crippen LogP contribution in [-0.4, -0.2) is 14.5 Å². The first-order valence-electron chi connectivity index (χ1n) is 6.34. The van der Waals surface area contributed by atoms with Gasteiger partial charge in [-0.25, -0.2) is 9.97 Å². The zero-order valence-corrected chi connectivity index (χ0v) is 11.4. The van der Waals surface area contributed by atoms with Crippen molar-refractivity contribution in [1.29, 1.82) is 0 Å². The second kappa shape index (κ2) is 5.69. The summed E-state index contributed by atoms with van der Waals surface area (Å²) in [4.78, 5) is 20.3. The molecule has 2 aromatic heterocycles. The molecule has 0 spiro atoms. The summed E-state index contributed by atoms with van der Waals surface area (Å²) in [6.07, 6.45) is 4.21. The Bertz CT molecular complexity index is 596. The highest BCUT2D eigenvalue weighted by molar-refractivity contribution is 5.30. The lowest BCUT2D eigenvalue weighted by molar-refractivity contribution is 0.478. The summed E-state index contributed by atoms with van der Waals surface area (Å²) in [6, 6.07) is 0. The molecule has 2 aromatic rings. The van der Waals surface area contributed by atoms with E-state index in [0.29, 0.717) is 24.8 Å². The van der Waals surface area contributed by atoms with E-state index in [1.54, 1.807) is 17.0 Å². The lowest BCUT2D eigenvalue weighted by Crippen LogP contribution is -2.24. The fraction of sp³-hybridized carbons (Fsp3) is 0.462. The summed E-state index contributed by atoms with van der Waals surface area (Å²) in [5.74, 6) is 1.67. The highest BCUT2D eigenvalue weighted by atomic mass is 16.4. The van der Waals surface area contributed by atoms with Gasteiger partial charge in [-0.1, -0.05) is 6.92 Å². The van der Waals surface area contributed by atoms with Crippen molar-refractivity contribution < 1.29 is 4.42 Å². The molecule has 19 heavy (non-hydrogen) atoms. The van der Waals surface area contributed by atoms with E-state index in [9.17, 15) is 4.79 Å². The zero-order chi connectivity index (χ0) is 13.8. The molecule has 0 bridgehead atoms. The number of hydrogen-bond donors (Lipinski definition) is 1. The first-order valence-corrected chi connectivity index (χ1v) is 6.34. The topological polar surface area (TPSA) is 73.0 Å². The number of nitrogens with zero attached hydrogens (tertiary/aromatic N) is 3. The second-order valence-corrected chi connectivity index (χ2v) is 4.38. The Kier molecular flexibility index (Phi) is 3.99. The van der Waals surface area contributed by atoms with Crippen LogP contribution in [-0.2, 0) is 13.1 Å². The summed E-state index contributed by atoms with van der Waals surface area (Å²) < 4.78 is 7.08. The predicted octanol–water partition coefficient (Wildman–Crippen LogP) is 1.87. The lowest BCUT2D eigenvalue weighted by Gasteiger charge is -2.06. The molecule has 0 amide bonds. The molecule has 0 aromatic carbocycles. The third-order valence-corrected chi connectivity index (χ3v) is 2.86. The van der Waals surface area contributed by atoms with Crippen molar-refractivity contribution in [1.82, 2.24) is 14.5 Å². The van der Waals surface area contributed by atoms with Crippen LogP contribution in [0.25, 0.3) is 0 Å². The molecule has 2 heterocycles. The molecule has 0 aliphatic rings. The molecule has 102 valence electrons. The number of nitrogens with one attached hydrogen (secondary N) is 1. The molecule has 0 fully saturated rings. The van der Waals surface area contributed by atoms with E-state index in [2.05, 4.69) is 15.3 Å². The summed E-state index contributed by atoms with van der Waals surface area (Å²) in [7, 11) is 0. The van der Waals surface area contributed by atoms with Crippen LogP contribution < -0.4 is 10.9 Å². The van der Waals surface area contributed by atoms with Crippen LogP contribution in [0.3, 0.4) is 0 Å². The van der Waals surface area contributed by atoms with E-state index in [4.69, 9.17) is 4.42 Å². The average Bonchev–Trinajstić information content (AvgIpc) is 2.70. The van der Waals surface area contributed by atoms with Gasteiger partial charge in [-0.2, -0.15) is 0 Å². The van der Waals surface area contributed by atoms with Gasteiger partial charge in [0, 0.05) is 18.9 Å². The molecule has 0 aliphatic heterocycles. The second-order valence-electron chi connectivity index (χ2n) is 4.38. The van der Waals surface area contributed by atoms with Gasteiger partial charge < -0.3 is 14.3 Å². The first kappa shape index (κ1) is 13.3. The van der Waals surface area contributed by atoms with Gasteiger partial charge in [-0.05, 0) is 20.3 Å². The maximum Gasteiger partial charge on any atom is 0.293 e. The van der Waals surface area contributed by atoms with Gasteiger partial charge in [0.1, 0.15) is 5.76 Å². The Balaban J connectivity index is 2.11. The fourth-order valence-electron chi connectivity index (χ4n) is 1.76. The Morgan fingerprint density at radius 1 is 1.42 bits per heavy atom. The molecule has 6 heteroatoms. The van der Waals surface area contributed by atoms with Crippen molar-refractivity contribution in [2.24, 2.45) is 0 Å². The van der Waals surface area contributed by atoms with Crippen LogP contribution >= 0.6 is 0 Å². The molecular formula is C13H18N4O2. The summed E-state index contributed by atoms with van der Waals surface area (Å²) in [6.45, 7) is 6.82. The van der Waals surface area contributed by atoms with Crippen LogP contribution in [0.5, 0.6) is 0 Å². The predicted molar refractivity (Wildman–Crippen MR) is 72.1 cm³/mol. The highest BCUT2D eigenvalue weighted by Gasteiger charge is 2.08. The van der Waals surface area contributed by atoms with Crippen molar-refractivity contribution >= 4 is 5.82 Å². The van der Waals surface area contributed by atoms with Crippen molar-refractivity contribution in [3.05, 3.63) is 40.1 Å². The van der Waals surface area contributed by atoms with E-state index in [-0.39, 0.29) is 5.56 Å². The van der Waals surface area contributed by atoms with Crippen LogP contribution in [0, 0.1) is 13.8 Å². The van der Waals surface area contributed by atoms with Crippen LogP contribution in [0.15, 0.2) is 21.6 Å². The van der Waals surface area contributed by atoms with Crippen molar-refractivity contribution in [3.8, 4) is 0 Å². The van der Waals surface area contributed by atoms with Gasteiger partial charge >= 0.3 is 0 Å². The zero-order valence-electron chi connectivity index (χ0n) is 11.4. The number of rotatable bonds is 5. The molecule has 0 saturated heterocycles. The standard InChI is InChI=1S/C13H18N4O2/c1-4-6-17-7-5-14-12(13(17)18)15-8-11-16-9(2)10(3)19-11/h5,7H,4,6,8H2,1-3H3,(H,14,15). The monoisotopic (exact) mass is 262 g/mol. The van der Waals surface area contributed by atoms with Gasteiger partial charge in [0.2, 0.25) is 5.89 Å². The van der Waals surface area contributed by atoms with E-state index < -0.39 is 0 Å². The normalized spacial score (nSPS) is 10.7. The van der Waals surface area contributed by atoms with Gasteiger partial charge in [-0.3, -0.25) is 4.79 Å². The summed E-state index contributed by atoms with van der Waals surface area (Å²) in [5, 5.41) is 2.97. The molecular weight excluding hydrogens is 244 g/mol. The first-order chi connectivity index (χ1) is 9.11. The molecule has 0 saturated carbocycles. The highest BCUT2D eigenvalue weighted by Crippen LogP contribution is 2.09. The van der Waals surface area contributed by atoms with E-state index >= 15 is 0 Å². The molecule has 0 aliphatic carbocycles. The van der Waals surface area contributed by atoms with Crippen molar-refractivity contribution in [3.63, 3.8) is 0 Å². The van der Waals surface area contributed by atoms with E-state index in [1.807, 2.05) is 20.8 Å². The number of oxazole rings is 1. The largest absolute Gasteiger partial charge is 0.444 e. The number of hydrogen-bond acceptors (Lipinski definition) is 5. The molecule has 2 rings (SSSR count). The lowest BCUT2D eigenvalue weighted by atomic mass is 10.4. The summed E-state index contributed by atoms with van der Waals surface area (Å²) in [5.41, 5.74) is 0.741. The third kappa shape index (κ3) is 3.01. The Labute approximate surface area is 111 Å². The van der Waals surface area contributed by atoms with Crippen molar-refractivity contribution in [2.45, 2.75) is 40.3 Å². The Morgan fingerprint density at radius 2 is 2.21 bits per heavy atom. The minimum Gasteiger partial charge on any atom is -0.444 e. The molecule has 0 unspecified atom stereocenters. The third-order valence-electron chi connectivity index (χ3n) is 2.86. The van der Waals surface area contributed by atoms with Gasteiger partial charge in [0.15, 0.2) is 5.82 Å². The van der Waals surface area contributed by atoms with Gasteiger partial charge in [-0.15, -0.1) is 0 Å². The quantitative estimate of drug-likeness (QED) is 0.890. The van der Waals surface area contributed by atoms with Crippen LogP contribution in [0.2, 0.25) is 0 Å². The van der Waals surface area contributed by atoms with E-state index in [0.717, 1.165) is 17.9 Å². The maximum absolute atomic E-state index is 12.0. The summed E-state index contributed by atoms with van der Waals surface area (Å²) >= 11 is 0. The van der Waals surface area contributed by atoms with Gasteiger partial charge in [0.05, 0.1) is 12.2 Å². The fourth-order valence-corrected chi connectivity index (χ4v) is 1.76. The minimum absolute atomic E-state index is 0.121. The molecule has 0 radical (unpaired) electrons. The van der Waals surface area contributed by atoms with Gasteiger partial charge in [0.25, 0.3) is 5.56 Å². The Morgan fingerprint density at radius 3 is 2.84 bits per heavy atom. The number of aromatic nitrogens is 3. The number of aryl methyl sites for hydroxylation is 3. The van der Waals surface area contributed by atoms with E-state index in [1.165, 1.54) is 0 Å². The van der Waals surface area contributed by atoms with Crippen molar-refractivity contribution in [2.75, 3.05) is 5.32 Å². The Hall–Kier alpha value is -2.11. The molecule has 6 nitrogen and oxygen atoms in total. The SMILES string of the molecule is CCCn1ccnc(NCc2nc(C)c(C)o2)c1=O. The van der Waals surface area contributed by atoms with Crippen LogP contribution in [0.4, 0.5) is 5.82 Å².